The van der Waals surface area contributed by atoms with Crippen LogP contribution in [0, 0.1) is 63.7 Å². The number of carbonyl (C=O) groups is 1. The summed E-state index contributed by atoms with van der Waals surface area (Å²) in [6.45, 7) is 3.47. The summed E-state index contributed by atoms with van der Waals surface area (Å²) in [5.41, 5.74) is -0.561. The van der Waals surface area contributed by atoms with E-state index in [1.165, 1.54) is 0 Å². The van der Waals surface area contributed by atoms with Gasteiger partial charge in [-0.1, -0.05) is 0 Å². The Labute approximate surface area is 128 Å². The Hall–Kier alpha value is -0.0505. The van der Waals surface area contributed by atoms with Crippen molar-refractivity contribution in [2.75, 3.05) is 6.61 Å². The van der Waals surface area contributed by atoms with Crippen LogP contribution in [0.5, 0.6) is 0 Å². The molecular formula is C15H19FeNO2+2. The number of aliphatic hydroxyl groups is 1. The van der Waals surface area contributed by atoms with Crippen molar-refractivity contribution in [3.63, 3.8) is 0 Å². The maximum absolute atomic E-state index is 11.5. The second-order valence-corrected chi connectivity index (χ2v) is 4.63. The van der Waals surface area contributed by atoms with E-state index in [1.807, 2.05) is 32.1 Å². The maximum atomic E-state index is 11.5. The SMILES string of the molecule is CC(C)(CO)NC(=O)[C]1[CH][CH][CH][CH]1.[CH]1[CH][CH][CH][CH]1.[Fe+2]. The average molecular weight is 301 g/mol. The Kier molecular flexibility index (Phi) is 9.76. The number of hydrogen-bond acceptors (Lipinski definition) is 2. The summed E-state index contributed by atoms with van der Waals surface area (Å²) in [6, 6.07) is 0. The first kappa shape index (κ1) is 18.9. The second kappa shape index (κ2) is 9.79. The number of amides is 1. The number of carbonyl (C=O) groups excluding carboxylic acids is 1. The third-order valence-corrected chi connectivity index (χ3v) is 2.33. The zero-order valence-corrected chi connectivity index (χ0v) is 12.2. The van der Waals surface area contributed by atoms with Crippen LogP contribution in [0.15, 0.2) is 0 Å². The summed E-state index contributed by atoms with van der Waals surface area (Å²) in [5.74, 6) is 0.477. The minimum absolute atomic E-state index is 0. The van der Waals surface area contributed by atoms with E-state index in [-0.39, 0.29) is 29.6 Å². The van der Waals surface area contributed by atoms with E-state index in [0.29, 0.717) is 5.92 Å². The van der Waals surface area contributed by atoms with Gasteiger partial charge in [0.2, 0.25) is 5.91 Å². The molecule has 1 amide bonds. The van der Waals surface area contributed by atoms with E-state index in [1.54, 1.807) is 39.5 Å². The number of hydrogen-bond donors (Lipinski definition) is 2. The van der Waals surface area contributed by atoms with Crippen LogP contribution in [-0.4, -0.2) is 23.2 Å². The molecule has 0 aliphatic heterocycles. The molecule has 0 atom stereocenters. The van der Waals surface area contributed by atoms with Gasteiger partial charge < -0.3 is 10.4 Å². The number of rotatable bonds is 3. The fourth-order valence-electron chi connectivity index (χ4n) is 1.27. The largest absolute Gasteiger partial charge is 2.00 e. The normalized spacial score (nSPS) is 19.3. The van der Waals surface area contributed by atoms with E-state index in [0.717, 1.165) is 0 Å². The van der Waals surface area contributed by atoms with Crippen LogP contribution >= 0.6 is 0 Å². The Morgan fingerprint density at radius 1 is 1.05 bits per heavy atom. The Balaban J connectivity index is 0.000000454. The van der Waals surface area contributed by atoms with Crippen LogP contribution in [0.2, 0.25) is 0 Å². The van der Waals surface area contributed by atoms with Crippen LogP contribution in [0.25, 0.3) is 0 Å². The van der Waals surface area contributed by atoms with Crippen molar-refractivity contribution in [1.82, 2.24) is 5.32 Å². The molecular weight excluding hydrogens is 282 g/mol. The molecule has 2 aliphatic carbocycles. The standard InChI is InChI=1S/C10H14NO2.C5H5.Fe/c1-10(2,7-12)11-9(13)8-5-3-4-6-8;1-2-4-5-3-1;/h3-6,12H,7H2,1-2H3,(H,11,13);1-5H;/q;;+2. The fourth-order valence-corrected chi connectivity index (χ4v) is 1.27. The molecule has 2 fully saturated rings. The van der Waals surface area contributed by atoms with E-state index in [4.69, 9.17) is 5.11 Å². The summed E-state index contributed by atoms with van der Waals surface area (Å²) in [7, 11) is 0. The van der Waals surface area contributed by atoms with Gasteiger partial charge in [-0.05, 0) is 71.6 Å². The molecule has 0 saturated heterocycles. The predicted molar refractivity (Wildman–Crippen MR) is 71.3 cm³/mol. The van der Waals surface area contributed by atoms with Gasteiger partial charge in [0.15, 0.2) is 0 Å². The van der Waals surface area contributed by atoms with Gasteiger partial charge in [0.1, 0.15) is 0 Å². The quantitative estimate of drug-likeness (QED) is 0.772. The molecule has 4 heteroatoms. The average Bonchev–Trinajstić information content (AvgIpc) is 3.04. The van der Waals surface area contributed by atoms with Crippen molar-refractivity contribution >= 4 is 5.91 Å². The first-order valence-corrected chi connectivity index (χ1v) is 5.87. The molecule has 0 unspecified atom stereocenters. The van der Waals surface area contributed by atoms with Crippen molar-refractivity contribution in [3.8, 4) is 0 Å². The predicted octanol–water partition coefficient (Wildman–Crippen LogP) is 1.30. The van der Waals surface area contributed by atoms with Crippen LogP contribution in [0.4, 0.5) is 0 Å². The van der Waals surface area contributed by atoms with Crippen molar-refractivity contribution in [2.24, 2.45) is 0 Å². The summed E-state index contributed by atoms with van der Waals surface area (Å²) >= 11 is 0. The monoisotopic (exact) mass is 301 g/mol. The van der Waals surface area contributed by atoms with Gasteiger partial charge in [-0.15, -0.1) is 0 Å². The van der Waals surface area contributed by atoms with Gasteiger partial charge >= 0.3 is 17.1 Å². The van der Waals surface area contributed by atoms with Crippen molar-refractivity contribution in [1.29, 1.82) is 0 Å². The summed E-state index contributed by atoms with van der Waals surface area (Å²) < 4.78 is 0. The molecule has 10 radical (unpaired) electrons. The minimum Gasteiger partial charge on any atom is -0.394 e. The van der Waals surface area contributed by atoms with Crippen LogP contribution < -0.4 is 5.32 Å². The zero-order chi connectivity index (χ0) is 13.4. The van der Waals surface area contributed by atoms with Crippen LogP contribution in [0.3, 0.4) is 0 Å². The van der Waals surface area contributed by atoms with E-state index >= 15 is 0 Å². The maximum Gasteiger partial charge on any atom is 2.00 e. The first-order valence-electron chi connectivity index (χ1n) is 5.87. The molecule has 0 heterocycles. The summed E-state index contributed by atoms with van der Waals surface area (Å²) in [4.78, 5) is 11.5. The molecule has 19 heavy (non-hydrogen) atoms. The molecule has 0 aromatic rings. The molecule has 2 aliphatic rings. The van der Waals surface area contributed by atoms with Gasteiger partial charge in [-0.25, -0.2) is 0 Å². The topological polar surface area (TPSA) is 49.3 Å². The molecule has 2 saturated carbocycles. The van der Waals surface area contributed by atoms with Gasteiger partial charge in [-0.2, -0.15) is 0 Å². The van der Waals surface area contributed by atoms with Crippen LogP contribution in [-0.2, 0) is 21.9 Å². The van der Waals surface area contributed by atoms with Gasteiger partial charge in [0.25, 0.3) is 0 Å². The molecule has 2 N–H and O–H groups in total. The van der Waals surface area contributed by atoms with Gasteiger partial charge in [0.05, 0.1) is 18.1 Å². The van der Waals surface area contributed by atoms with Gasteiger partial charge in [0, 0.05) is 0 Å². The molecule has 2 rings (SSSR count). The Bertz CT molecular complexity index is 239. The number of nitrogens with one attached hydrogen (secondary N) is 1. The molecule has 0 aromatic carbocycles. The van der Waals surface area contributed by atoms with Gasteiger partial charge in [-0.3, -0.25) is 4.79 Å². The summed E-state index contributed by atoms with van der Waals surface area (Å²) in [5, 5.41) is 11.6. The van der Waals surface area contributed by atoms with E-state index in [2.05, 4.69) is 5.32 Å². The van der Waals surface area contributed by atoms with Crippen molar-refractivity contribution in [2.45, 2.75) is 19.4 Å². The van der Waals surface area contributed by atoms with E-state index in [9.17, 15) is 4.79 Å². The molecule has 3 nitrogen and oxygen atoms in total. The third-order valence-electron chi connectivity index (χ3n) is 2.33. The molecule has 0 aromatic heterocycles. The van der Waals surface area contributed by atoms with Crippen molar-refractivity contribution < 1.29 is 27.0 Å². The minimum atomic E-state index is -0.561. The smallest absolute Gasteiger partial charge is 0.394 e. The Morgan fingerprint density at radius 2 is 1.47 bits per heavy atom. The molecule has 0 bridgehead atoms. The summed E-state index contributed by atoms with van der Waals surface area (Å²) in [6.07, 6.45) is 17.1. The second-order valence-electron chi connectivity index (χ2n) is 4.63. The first-order chi connectivity index (χ1) is 8.55. The third kappa shape index (κ3) is 7.96. The van der Waals surface area contributed by atoms with E-state index < -0.39 is 5.54 Å². The molecule has 102 valence electrons. The zero-order valence-electron chi connectivity index (χ0n) is 11.1. The van der Waals surface area contributed by atoms with Crippen LogP contribution in [0.1, 0.15) is 13.8 Å². The number of aliphatic hydroxyl groups excluding tert-OH is 1. The fraction of sp³-hybridized carbons (Fsp3) is 0.267. The Morgan fingerprint density at radius 3 is 1.84 bits per heavy atom. The molecule has 0 spiro atoms. The van der Waals surface area contributed by atoms with Crippen molar-refractivity contribution in [3.05, 3.63) is 63.7 Å².